The van der Waals surface area contributed by atoms with Gasteiger partial charge in [-0.1, -0.05) is 357 Å². The van der Waals surface area contributed by atoms with Crippen molar-refractivity contribution in [2.45, 2.75) is 59.3 Å². The molecule has 0 unspecified atom stereocenters. The Kier molecular flexibility index (Phi) is 16.9. The molecule has 6 nitrogen and oxygen atoms in total. The van der Waals surface area contributed by atoms with Gasteiger partial charge < -0.3 is 29.2 Å². The van der Waals surface area contributed by atoms with E-state index in [2.05, 4.69) is 492 Å². The van der Waals surface area contributed by atoms with E-state index in [0.717, 1.165) is 174 Å². The normalized spacial score (nSPS) is 13.6. The van der Waals surface area contributed by atoms with Crippen LogP contribution in [0.4, 0.5) is 85.3 Å². The van der Waals surface area contributed by atoms with Gasteiger partial charge in [-0.3, -0.25) is 0 Å². The van der Waals surface area contributed by atoms with Crippen molar-refractivity contribution in [1.82, 2.24) is 0 Å². The van der Waals surface area contributed by atoms with Crippen molar-refractivity contribution in [1.29, 1.82) is 0 Å². The summed E-state index contributed by atoms with van der Waals surface area (Å²) in [6.07, 6.45) is 0. The van der Waals surface area contributed by atoms with E-state index in [1.54, 1.807) is 0 Å². The summed E-state index contributed by atoms with van der Waals surface area (Å²) in [7, 11) is 0. The molecule has 0 aromatic heterocycles. The molecule has 0 radical (unpaired) electrons. The first-order chi connectivity index (χ1) is 66.6. The lowest BCUT2D eigenvalue weighted by molar-refractivity contribution is 0.489. The second-order valence-corrected chi connectivity index (χ2v) is 40.4. The lowest BCUT2D eigenvalue weighted by atomic mass is 9.27. The Labute approximate surface area is 794 Å². The average molecular weight is 1730 g/mol. The fraction of sp³-hybridized carbons (Fsp3) is 0.0709. The van der Waals surface area contributed by atoms with Gasteiger partial charge in [0.2, 0.25) is 0 Å². The highest BCUT2D eigenvalue weighted by Crippen LogP contribution is 2.61. The van der Waals surface area contributed by atoms with E-state index in [4.69, 9.17) is 4.74 Å². The van der Waals surface area contributed by atoms with Crippen molar-refractivity contribution in [3.8, 4) is 78.3 Å². The smallest absolute Gasteiger partial charge is 0.252 e. The molecule has 0 N–H and O–H groups in total. The molecule has 7 aliphatic rings. The van der Waals surface area contributed by atoms with Crippen LogP contribution in [0.2, 0.25) is 0 Å². The minimum Gasteiger partial charge on any atom is -0.452 e. The SMILES string of the molecule is Cc1cc2c3c(c1)N(c1cc(C(C)(C)C)cc(C(C)(C)C)c1)c1cc4ccccc4cc1B3c1cc3c(cc1N2c1cc(-c2ccccc2)cc(-c2ccccc2)c1)N(c1cc(-c2ccccc2)cc(-c2ccccc2)c1)c1cc2c4c5c1B3c1cc3ccccc3c3c1N5c1c(cc5ccccc5c1O3)B4c1cc3ccccc3cc1N2c1cc(-c2ccccc2)cc(-c2ccccc2)c1. The van der Waals surface area contributed by atoms with Crippen LogP contribution in [-0.2, 0) is 10.8 Å². The zero-order valence-corrected chi connectivity index (χ0v) is 76.7. The van der Waals surface area contributed by atoms with Gasteiger partial charge in [0.1, 0.15) is 0 Å². The number of ether oxygens (including phenoxy) is 1. The van der Waals surface area contributed by atoms with Gasteiger partial charge in [0.25, 0.3) is 20.1 Å². The maximum Gasteiger partial charge on any atom is 0.252 e. The summed E-state index contributed by atoms with van der Waals surface area (Å²) in [6.45, 7) is 15.5. The highest BCUT2D eigenvalue weighted by Gasteiger charge is 2.57. The Morgan fingerprint density at radius 3 is 0.801 bits per heavy atom. The Balaban J connectivity index is 0.821. The first kappa shape index (κ1) is 78.3. The number of anilines is 15. The molecule has 638 valence electrons. The van der Waals surface area contributed by atoms with E-state index in [1.165, 1.54) is 98.9 Å². The van der Waals surface area contributed by atoms with Crippen LogP contribution in [0, 0.1) is 6.92 Å². The maximum atomic E-state index is 8.25. The summed E-state index contributed by atoms with van der Waals surface area (Å²) in [6, 6.07) is 161. The van der Waals surface area contributed by atoms with Crippen LogP contribution < -0.4 is 78.4 Å². The van der Waals surface area contributed by atoms with Crippen LogP contribution in [0.3, 0.4) is 0 Å². The molecule has 7 heterocycles. The fourth-order valence-corrected chi connectivity index (χ4v) is 24.0. The maximum absolute atomic E-state index is 8.25. The summed E-state index contributed by atoms with van der Waals surface area (Å²) >= 11 is 0. The van der Waals surface area contributed by atoms with Crippen molar-refractivity contribution >= 4 is 198 Å². The predicted molar refractivity (Wildman–Crippen MR) is 579 cm³/mol. The second-order valence-electron chi connectivity index (χ2n) is 40.4. The molecular weight excluding hydrogens is 1640 g/mol. The van der Waals surface area contributed by atoms with Gasteiger partial charge in [-0.2, -0.15) is 0 Å². The van der Waals surface area contributed by atoms with Crippen molar-refractivity contribution in [2.75, 3.05) is 24.5 Å². The molecule has 0 spiro atoms. The zero-order valence-electron chi connectivity index (χ0n) is 76.7. The third kappa shape index (κ3) is 11.8. The van der Waals surface area contributed by atoms with Gasteiger partial charge in [-0.05, 0) is 286 Å². The quantitative estimate of drug-likeness (QED) is 0.127. The predicted octanol–water partition coefficient (Wildman–Crippen LogP) is 28.1. The third-order valence-electron chi connectivity index (χ3n) is 30.2. The molecule has 0 saturated carbocycles. The summed E-state index contributed by atoms with van der Waals surface area (Å²) < 4.78 is 8.25. The van der Waals surface area contributed by atoms with Crippen molar-refractivity contribution in [2.24, 2.45) is 0 Å². The molecule has 28 rings (SSSR count). The highest BCUT2D eigenvalue weighted by atomic mass is 16.5. The van der Waals surface area contributed by atoms with Gasteiger partial charge in [0.15, 0.2) is 11.5 Å². The van der Waals surface area contributed by atoms with Gasteiger partial charge >= 0.3 is 0 Å². The number of hydrogen-bond acceptors (Lipinski definition) is 6. The first-order valence-corrected chi connectivity index (χ1v) is 47.9. The summed E-state index contributed by atoms with van der Waals surface area (Å²) in [5.74, 6) is 1.74. The molecule has 7 aliphatic heterocycles. The largest absolute Gasteiger partial charge is 0.452 e. The molecule has 21 aromatic carbocycles. The minimum atomic E-state index is -0.414. The summed E-state index contributed by atoms with van der Waals surface area (Å²) in [5.41, 5.74) is 44.7. The standard InChI is InChI=1S/C127H90B3N5O/c1-77-54-114-118-115(55-77)134(101-72-96(126(2,3)4)71-97(73-101)127(5,6)7)110-69-86-48-28-26-46-84(86)65-104(110)128(118)106-74-107-113(75-112(106)132(114)99-61-92(80-38-18-10-19-39-80)57-93(62-99)81-40-20-11-21-41-81)133(100-63-94(82-42-22-12-23-43-82)58-95(64-100)83-44-24-13-25-45-83)117-76-116-119-123-120(117)130(107)109-68-89-51-31-33-53-103(89)125-122(109)135(123)121-108(67-88-50-30-32-52-102(88)124(121)136-125)129(119)105-66-85-47-27-29-49-87(85)70-111(105)131(116)98-59-90(78-34-14-8-15-35-78)56-91(60-98)79-36-16-9-17-37-79/h8-76H,1-7H3. The summed E-state index contributed by atoms with van der Waals surface area (Å²) in [5, 5.41) is 9.13. The van der Waals surface area contributed by atoms with E-state index in [9.17, 15) is 0 Å². The monoisotopic (exact) mass is 1730 g/mol. The lowest BCUT2D eigenvalue weighted by Gasteiger charge is -2.53. The highest BCUT2D eigenvalue weighted by molar-refractivity contribution is 7.06. The van der Waals surface area contributed by atoms with E-state index in [-0.39, 0.29) is 24.3 Å². The van der Waals surface area contributed by atoms with Gasteiger partial charge in [-0.25, -0.2) is 0 Å². The lowest BCUT2D eigenvalue weighted by Crippen LogP contribution is -2.69. The van der Waals surface area contributed by atoms with Crippen molar-refractivity contribution in [3.05, 3.63) is 435 Å². The second kappa shape index (κ2) is 29.3. The van der Waals surface area contributed by atoms with Crippen LogP contribution >= 0.6 is 0 Å². The molecule has 0 fully saturated rings. The number of benzene rings is 21. The van der Waals surface area contributed by atoms with Crippen LogP contribution in [-0.4, -0.2) is 20.1 Å². The number of aryl methyl sites for hydroxylation is 1. The van der Waals surface area contributed by atoms with Crippen LogP contribution in [0.5, 0.6) is 11.5 Å². The molecule has 21 aromatic rings. The van der Waals surface area contributed by atoms with Crippen molar-refractivity contribution < 1.29 is 4.74 Å². The Hall–Kier alpha value is -16.3. The Morgan fingerprint density at radius 2 is 0.463 bits per heavy atom. The topological polar surface area (TPSA) is 25.4 Å². The minimum absolute atomic E-state index is 0.175. The molecule has 0 atom stereocenters. The molecule has 0 bridgehead atoms. The van der Waals surface area contributed by atoms with E-state index >= 15 is 0 Å². The fourth-order valence-electron chi connectivity index (χ4n) is 24.0. The first-order valence-electron chi connectivity index (χ1n) is 47.9. The molecular formula is C127H90B3N5O. The van der Waals surface area contributed by atoms with Gasteiger partial charge in [-0.15, -0.1) is 0 Å². The van der Waals surface area contributed by atoms with E-state index < -0.39 is 6.71 Å². The average Bonchev–Trinajstić information content (AvgIpc) is 0.651. The molecule has 0 aliphatic carbocycles. The molecule has 136 heavy (non-hydrogen) atoms. The van der Waals surface area contributed by atoms with Crippen molar-refractivity contribution in [3.63, 3.8) is 0 Å². The molecule has 0 amide bonds. The molecule has 0 saturated heterocycles. The Morgan fingerprint density at radius 1 is 0.199 bits per heavy atom. The van der Waals surface area contributed by atoms with Crippen LogP contribution in [0.25, 0.3) is 110 Å². The van der Waals surface area contributed by atoms with E-state index in [1.807, 2.05) is 0 Å². The third-order valence-corrected chi connectivity index (χ3v) is 30.2. The number of fused-ring (bicyclic) bond motifs is 16. The van der Waals surface area contributed by atoms with Crippen LogP contribution in [0.1, 0.15) is 58.2 Å². The molecule has 9 heteroatoms. The van der Waals surface area contributed by atoms with E-state index in [0.29, 0.717) is 0 Å². The number of rotatable bonds is 10. The number of nitrogens with zero attached hydrogens (tertiary/aromatic N) is 5. The van der Waals surface area contributed by atoms with Gasteiger partial charge in [0.05, 0.1) is 11.4 Å². The zero-order chi connectivity index (χ0) is 90.4. The Bertz CT molecular complexity index is 8510. The number of hydrogen-bond donors (Lipinski definition) is 0. The summed E-state index contributed by atoms with van der Waals surface area (Å²) in [4.78, 5) is 13.6. The van der Waals surface area contributed by atoms with Crippen LogP contribution in [0.15, 0.2) is 419 Å². The van der Waals surface area contributed by atoms with Gasteiger partial charge in [0, 0.05) is 84.7 Å².